The lowest BCUT2D eigenvalue weighted by atomic mass is 9.89. The highest BCUT2D eigenvalue weighted by Gasteiger charge is 2.26. The lowest BCUT2D eigenvalue weighted by Crippen LogP contribution is -2.36. The van der Waals surface area contributed by atoms with Gasteiger partial charge in [-0.05, 0) is 31.0 Å². The third-order valence-corrected chi connectivity index (χ3v) is 6.22. The first-order chi connectivity index (χ1) is 12.0. The Balaban J connectivity index is 1.65. The number of fused-ring (bicyclic) bond motifs is 3. The molecule has 25 heavy (non-hydrogen) atoms. The average Bonchev–Trinajstić information content (AvgIpc) is 3.00. The molecule has 1 aliphatic rings. The number of furan rings is 1. The van der Waals surface area contributed by atoms with Gasteiger partial charge in [0.25, 0.3) is 10.0 Å². The largest absolute Gasteiger partial charge is 0.456 e. The van der Waals surface area contributed by atoms with E-state index in [0.29, 0.717) is 11.2 Å². The summed E-state index contributed by atoms with van der Waals surface area (Å²) in [7, 11) is -3.90. The van der Waals surface area contributed by atoms with Crippen LogP contribution in [0, 0.1) is 5.92 Å². The van der Waals surface area contributed by atoms with Gasteiger partial charge in [-0.3, -0.25) is 4.79 Å². The Bertz CT molecular complexity index is 1050. The molecule has 6 heteroatoms. The van der Waals surface area contributed by atoms with Crippen LogP contribution >= 0.6 is 0 Å². The zero-order valence-electron chi connectivity index (χ0n) is 13.7. The highest BCUT2D eigenvalue weighted by atomic mass is 32.2. The summed E-state index contributed by atoms with van der Waals surface area (Å²) in [6.45, 7) is 0. The molecule has 1 amide bonds. The highest BCUT2D eigenvalue weighted by molar-refractivity contribution is 7.90. The first kappa shape index (κ1) is 16.1. The van der Waals surface area contributed by atoms with Crippen LogP contribution in [0.15, 0.2) is 51.8 Å². The molecule has 1 fully saturated rings. The van der Waals surface area contributed by atoms with E-state index in [1.54, 1.807) is 6.07 Å². The van der Waals surface area contributed by atoms with E-state index in [9.17, 15) is 13.2 Å². The van der Waals surface area contributed by atoms with Crippen molar-refractivity contribution in [2.24, 2.45) is 5.92 Å². The Kier molecular flexibility index (Phi) is 4.00. The standard InChI is InChI=1S/C19H19NO4S/c21-19(13-6-2-1-3-7-13)20-25(22,23)14-10-11-16-15-8-4-5-9-17(15)24-18(16)12-14/h4-5,8-13H,1-3,6-7H2,(H,20,21). The second-order valence-electron chi connectivity index (χ2n) is 6.56. The first-order valence-corrected chi connectivity index (χ1v) is 10.0. The number of hydrogen-bond acceptors (Lipinski definition) is 4. The molecule has 0 atom stereocenters. The van der Waals surface area contributed by atoms with Crippen LogP contribution in [0.2, 0.25) is 0 Å². The molecule has 1 aromatic heterocycles. The fraction of sp³-hybridized carbons (Fsp3) is 0.316. The van der Waals surface area contributed by atoms with Gasteiger partial charge in [0.2, 0.25) is 5.91 Å². The van der Waals surface area contributed by atoms with Crippen molar-refractivity contribution in [3.8, 4) is 0 Å². The monoisotopic (exact) mass is 357 g/mol. The molecule has 0 saturated heterocycles. The number of sulfonamides is 1. The van der Waals surface area contributed by atoms with Gasteiger partial charge < -0.3 is 4.42 Å². The van der Waals surface area contributed by atoms with Gasteiger partial charge in [-0.2, -0.15) is 0 Å². The molecule has 1 aliphatic carbocycles. The minimum absolute atomic E-state index is 0.0446. The minimum Gasteiger partial charge on any atom is -0.456 e. The molecule has 1 heterocycles. The van der Waals surface area contributed by atoms with Crippen LogP contribution < -0.4 is 4.72 Å². The van der Waals surface area contributed by atoms with Gasteiger partial charge in [0.1, 0.15) is 11.2 Å². The van der Waals surface area contributed by atoms with Crippen LogP contribution in [-0.4, -0.2) is 14.3 Å². The van der Waals surface area contributed by atoms with Crippen molar-refractivity contribution in [1.82, 2.24) is 4.72 Å². The van der Waals surface area contributed by atoms with Crippen molar-refractivity contribution >= 4 is 37.9 Å². The maximum absolute atomic E-state index is 12.6. The van der Waals surface area contributed by atoms with Gasteiger partial charge in [-0.1, -0.05) is 37.5 Å². The Morgan fingerprint density at radius 2 is 1.68 bits per heavy atom. The molecule has 130 valence electrons. The van der Waals surface area contributed by atoms with Gasteiger partial charge in [-0.15, -0.1) is 0 Å². The molecule has 0 spiro atoms. The van der Waals surface area contributed by atoms with E-state index < -0.39 is 15.9 Å². The van der Waals surface area contributed by atoms with Crippen LogP contribution in [0.3, 0.4) is 0 Å². The molecular formula is C19H19NO4S. The number of hydrogen-bond donors (Lipinski definition) is 1. The van der Waals surface area contributed by atoms with E-state index in [2.05, 4.69) is 4.72 Å². The van der Waals surface area contributed by atoms with E-state index in [1.165, 1.54) is 12.1 Å². The van der Waals surface area contributed by atoms with Crippen molar-refractivity contribution in [3.05, 3.63) is 42.5 Å². The second-order valence-corrected chi connectivity index (χ2v) is 8.24. The quantitative estimate of drug-likeness (QED) is 0.769. The molecule has 1 saturated carbocycles. The summed E-state index contributed by atoms with van der Waals surface area (Å²) in [4.78, 5) is 12.3. The number of carbonyl (C=O) groups is 1. The number of amides is 1. The van der Waals surface area contributed by atoms with E-state index in [0.717, 1.165) is 42.9 Å². The summed E-state index contributed by atoms with van der Waals surface area (Å²) in [6, 6.07) is 12.3. The zero-order chi connectivity index (χ0) is 17.4. The number of para-hydroxylation sites is 1. The van der Waals surface area contributed by atoms with E-state index in [4.69, 9.17) is 4.42 Å². The molecule has 0 bridgehead atoms. The maximum atomic E-state index is 12.6. The number of benzene rings is 2. The number of carbonyl (C=O) groups excluding carboxylic acids is 1. The SMILES string of the molecule is O=C(NS(=O)(=O)c1ccc2c(c1)oc1ccccc12)C1CCCCC1. The summed E-state index contributed by atoms with van der Waals surface area (Å²) >= 11 is 0. The van der Waals surface area contributed by atoms with Crippen LogP contribution in [0.4, 0.5) is 0 Å². The third kappa shape index (κ3) is 3.02. The molecule has 0 unspecified atom stereocenters. The molecule has 0 aliphatic heterocycles. The van der Waals surface area contributed by atoms with E-state index in [1.807, 2.05) is 24.3 Å². The fourth-order valence-corrected chi connectivity index (χ4v) is 4.57. The summed E-state index contributed by atoms with van der Waals surface area (Å²) < 4.78 is 33.1. The van der Waals surface area contributed by atoms with Crippen LogP contribution in [0.1, 0.15) is 32.1 Å². The smallest absolute Gasteiger partial charge is 0.264 e. The second kappa shape index (κ2) is 6.19. The van der Waals surface area contributed by atoms with Crippen LogP contribution in [0.5, 0.6) is 0 Å². The maximum Gasteiger partial charge on any atom is 0.264 e. The lowest BCUT2D eigenvalue weighted by molar-refractivity contribution is -0.124. The van der Waals surface area contributed by atoms with Crippen molar-refractivity contribution in [2.45, 2.75) is 37.0 Å². The Hall–Kier alpha value is -2.34. The predicted octanol–water partition coefficient (Wildman–Crippen LogP) is 3.97. The van der Waals surface area contributed by atoms with E-state index in [-0.39, 0.29) is 10.8 Å². The van der Waals surface area contributed by atoms with Crippen molar-refractivity contribution < 1.29 is 17.6 Å². The third-order valence-electron chi connectivity index (χ3n) is 4.87. The summed E-state index contributed by atoms with van der Waals surface area (Å²) in [5.74, 6) is -0.608. The van der Waals surface area contributed by atoms with Crippen molar-refractivity contribution in [3.63, 3.8) is 0 Å². The summed E-state index contributed by atoms with van der Waals surface area (Å²) in [6.07, 6.45) is 4.57. The Morgan fingerprint density at radius 1 is 0.960 bits per heavy atom. The van der Waals surface area contributed by atoms with Gasteiger partial charge >= 0.3 is 0 Å². The normalized spacial score (nSPS) is 16.3. The molecule has 5 nitrogen and oxygen atoms in total. The predicted molar refractivity (Wildman–Crippen MR) is 95.6 cm³/mol. The number of rotatable bonds is 3. The average molecular weight is 357 g/mol. The molecule has 1 N–H and O–H groups in total. The van der Waals surface area contributed by atoms with Crippen LogP contribution in [0.25, 0.3) is 21.9 Å². The Morgan fingerprint density at radius 3 is 2.48 bits per heavy atom. The molecule has 2 aromatic carbocycles. The summed E-state index contributed by atoms with van der Waals surface area (Å²) in [5, 5.41) is 1.79. The Labute approximate surface area is 146 Å². The van der Waals surface area contributed by atoms with Crippen molar-refractivity contribution in [2.75, 3.05) is 0 Å². The van der Waals surface area contributed by atoms with Gasteiger partial charge in [0.05, 0.1) is 4.90 Å². The first-order valence-electron chi connectivity index (χ1n) is 8.52. The van der Waals surface area contributed by atoms with Gasteiger partial charge in [-0.25, -0.2) is 13.1 Å². The molecular weight excluding hydrogens is 338 g/mol. The van der Waals surface area contributed by atoms with Gasteiger partial charge in [0, 0.05) is 22.8 Å². The number of nitrogens with one attached hydrogen (secondary N) is 1. The minimum atomic E-state index is -3.90. The molecule has 0 radical (unpaired) electrons. The van der Waals surface area contributed by atoms with E-state index >= 15 is 0 Å². The van der Waals surface area contributed by atoms with Gasteiger partial charge in [0.15, 0.2) is 0 Å². The fourth-order valence-electron chi connectivity index (χ4n) is 3.51. The summed E-state index contributed by atoms with van der Waals surface area (Å²) in [5.41, 5.74) is 1.20. The van der Waals surface area contributed by atoms with Crippen molar-refractivity contribution in [1.29, 1.82) is 0 Å². The zero-order valence-corrected chi connectivity index (χ0v) is 14.5. The van der Waals surface area contributed by atoms with Crippen LogP contribution in [-0.2, 0) is 14.8 Å². The molecule has 4 rings (SSSR count). The highest BCUT2D eigenvalue weighted by Crippen LogP contribution is 2.30. The lowest BCUT2D eigenvalue weighted by Gasteiger charge is -2.20. The molecule has 3 aromatic rings. The topological polar surface area (TPSA) is 76.4 Å².